The average molecular weight is 472 g/mol. The molecule has 2 amide bonds. The lowest BCUT2D eigenvalue weighted by molar-refractivity contribution is 0.135. The lowest BCUT2D eigenvalue weighted by Gasteiger charge is -2.21. The third-order valence-corrected chi connectivity index (χ3v) is 6.60. The van der Waals surface area contributed by atoms with Gasteiger partial charge in [0.25, 0.3) is 0 Å². The summed E-state index contributed by atoms with van der Waals surface area (Å²) in [5, 5.41) is 6.61. The van der Waals surface area contributed by atoms with E-state index in [1.807, 2.05) is 50.2 Å². The Morgan fingerprint density at radius 1 is 1.09 bits per heavy atom. The van der Waals surface area contributed by atoms with Crippen LogP contribution in [0.3, 0.4) is 0 Å². The average Bonchev–Trinajstić information content (AvgIpc) is 3.29. The monoisotopic (exact) mass is 471 g/mol. The number of fused-ring (bicyclic) bond motifs is 2. The van der Waals surface area contributed by atoms with Crippen molar-refractivity contribution in [3.8, 4) is 5.75 Å². The molecule has 0 bridgehead atoms. The van der Waals surface area contributed by atoms with Crippen molar-refractivity contribution in [1.29, 1.82) is 0 Å². The lowest BCUT2D eigenvalue weighted by atomic mass is 10.1. The van der Waals surface area contributed by atoms with Gasteiger partial charge in [-0.1, -0.05) is 53.3 Å². The third-order valence-electron chi connectivity index (χ3n) is 4.64. The number of hydrogen-bond donors (Lipinski definition) is 0. The zero-order valence-electron chi connectivity index (χ0n) is 17.9. The number of imidazole rings is 1. The van der Waals surface area contributed by atoms with Gasteiger partial charge in [-0.15, -0.1) is 0 Å². The SMILES string of the molecule is CN(SN(C)C(=O)Oc1cccc2ccccc12)C(=O)ON=C1n2ccnc2SC1(C)C. The standard InChI is InChI=1S/C21H21N5O4S2/c1-21(2)17(26-13-12-22-18(26)31-21)23-30-20(28)25(4)32-24(3)19(27)29-16-11-7-9-14-8-5-6-10-15(14)16/h5-13H,1-4H3. The molecule has 0 fully saturated rings. The van der Waals surface area contributed by atoms with Gasteiger partial charge in [-0.2, -0.15) is 0 Å². The number of benzene rings is 2. The largest absolute Gasteiger partial charge is 0.447 e. The first kappa shape index (κ1) is 22.0. The maximum atomic E-state index is 12.5. The van der Waals surface area contributed by atoms with Gasteiger partial charge >= 0.3 is 12.2 Å². The number of rotatable bonds is 4. The molecule has 0 saturated heterocycles. The minimum atomic E-state index is -0.735. The number of aromatic nitrogens is 2. The molecule has 3 aromatic rings. The number of thioether (sulfide) groups is 1. The fourth-order valence-corrected chi connectivity index (χ4v) is 4.69. The molecule has 166 valence electrons. The summed E-state index contributed by atoms with van der Waals surface area (Å²) in [6.07, 6.45) is 2.06. The highest BCUT2D eigenvalue weighted by Gasteiger charge is 2.38. The molecule has 11 heteroatoms. The molecule has 1 aromatic heterocycles. The highest BCUT2D eigenvalue weighted by molar-refractivity contribution is 8.01. The van der Waals surface area contributed by atoms with E-state index in [1.165, 1.54) is 30.2 Å². The molecule has 0 unspecified atom stereocenters. The van der Waals surface area contributed by atoms with Gasteiger partial charge in [-0.3, -0.25) is 9.40 Å². The van der Waals surface area contributed by atoms with Crippen molar-refractivity contribution in [2.45, 2.75) is 23.8 Å². The van der Waals surface area contributed by atoms with E-state index in [0.29, 0.717) is 11.6 Å². The van der Waals surface area contributed by atoms with Gasteiger partial charge in [0.15, 0.2) is 11.0 Å². The predicted molar refractivity (Wildman–Crippen MR) is 125 cm³/mol. The molecule has 1 aliphatic rings. The summed E-state index contributed by atoms with van der Waals surface area (Å²) >= 11 is 2.36. The first-order chi connectivity index (χ1) is 15.3. The molecule has 0 spiro atoms. The molecule has 1 aliphatic heterocycles. The van der Waals surface area contributed by atoms with Crippen molar-refractivity contribution >= 4 is 52.7 Å². The van der Waals surface area contributed by atoms with Crippen LogP contribution < -0.4 is 4.74 Å². The van der Waals surface area contributed by atoms with Crippen molar-refractivity contribution in [1.82, 2.24) is 18.2 Å². The summed E-state index contributed by atoms with van der Waals surface area (Å²) in [6, 6.07) is 13.1. The Kier molecular flexibility index (Phi) is 6.02. The van der Waals surface area contributed by atoms with Gasteiger partial charge in [-0.05, 0) is 25.3 Å². The highest BCUT2D eigenvalue weighted by atomic mass is 32.2. The molecular formula is C21H21N5O4S2. The second-order valence-corrected chi connectivity index (χ2v) is 10.2. The van der Waals surface area contributed by atoms with E-state index < -0.39 is 16.9 Å². The number of amides is 2. The molecule has 32 heavy (non-hydrogen) atoms. The number of oxime groups is 1. The summed E-state index contributed by atoms with van der Waals surface area (Å²) < 4.78 is 9.24. The summed E-state index contributed by atoms with van der Waals surface area (Å²) in [7, 11) is 2.98. The molecule has 0 saturated carbocycles. The molecule has 0 aliphatic carbocycles. The number of carbonyl (C=O) groups excluding carboxylic acids is 2. The van der Waals surface area contributed by atoms with Gasteiger partial charge < -0.3 is 4.74 Å². The Balaban J connectivity index is 1.37. The van der Waals surface area contributed by atoms with Crippen LogP contribution in [0.2, 0.25) is 0 Å². The number of nitrogens with zero attached hydrogens (tertiary/aromatic N) is 5. The van der Waals surface area contributed by atoms with Gasteiger partial charge in [0.2, 0.25) is 0 Å². The minimum Gasteiger partial charge on any atom is -0.409 e. The Bertz CT molecular complexity index is 1200. The maximum Gasteiger partial charge on any atom is 0.447 e. The smallest absolute Gasteiger partial charge is 0.409 e. The van der Waals surface area contributed by atoms with Crippen LogP contribution in [0, 0.1) is 0 Å². The van der Waals surface area contributed by atoms with Crippen LogP contribution in [0.4, 0.5) is 9.59 Å². The van der Waals surface area contributed by atoms with Crippen LogP contribution >= 0.6 is 23.9 Å². The van der Waals surface area contributed by atoms with Gasteiger partial charge in [-0.25, -0.2) is 23.2 Å². The normalized spacial score (nSPS) is 15.4. The van der Waals surface area contributed by atoms with Crippen LogP contribution in [0.25, 0.3) is 10.8 Å². The van der Waals surface area contributed by atoms with Gasteiger partial charge in [0.1, 0.15) is 5.75 Å². The van der Waals surface area contributed by atoms with E-state index in [0.717, 1.165) is 32.4 Å². The van der Waals surface area contributed by atoms with E-state index in [9.17, 15) is 9.59 Å². The fourth-order valence-electron chi connectivity index (χ4n) is 3.08. The van der Waals surface area contributed by atoms with Crippen molar-refractivity contribution in [3.05, 3.63) is 54.9 Å². The van der Waals surface area contributed by atoms with E-state index in [2.05, 4.69) is 10.1 Å². The Labute approximate surface area is 193 Å². The quantitative estimate of drug-likeness (QED) is 0.305. The molecule has 2 aromatic carbocycles. The van der Waals surface area contributed by atoms with Crippen molar-refractivity contribution in [2.24, 2.45) is 5.16 Å². The molecule has 0 atom stereocenters. The number of ether oxygens (including phenoxy) is 1. The maximum absolute atomic E-state index is 12.5. The van der Waals surface area contributed by atoms with Crippen LogP contribution in [-0.2, 0) is 4.84 Å². The van der Waals surface area contributed by atoms with Gasteiger partial charge in [0, 0.05) is 31.9 Å². The third kappa shape index (κ3) is 4.39. The Morgan fingerprint density at radius 2 is 1.81 bits per heavy atom. The van der Waals surface area contributed by atoms with E-state index >= 15 is 0 Å². The Hall–Kier alpha value is -3.18. The summed E-state index contributed by atoms with van der Waals surface area (Å²) in [4.78, 5) is 34.3. The first-order valence-corrected chi connectivity index (χ1v) is 11.2. The molecule has 9 nitrogen and oxygen atoms in total. The Morgan fingerprint density at radius 3 is 2.62 bits per heavy atom. The lowest BCUT2D eigenvalue weighted by Crippen LogP contribution is -2.32. The molecule has 4 rings (SSSR count). The summed E-state index contributed by atoms with van der Waals surface area (Å²) in [6.45, 7) is 3.93. The van der Waals surface area contributed by atoms with Crippen molar-refractivity contribution < 1.29 is 19.2 Å². The van der Waals surface area contributed by atoms with Crippen LogP contribution in [0.15, 0.2) is 65.2 Å². The molecule has 2 heterocycles. The number of hydrogen-bond acceptors (Lipinski definition) is 8. The summed E-state index contributed by atoms with van der Waals surface area (Å²) in [5.74, 6) is 1.000. The zero-order chi connectivity index (χ0) is 22.9. The van der Waals surface area contributed by atoms with Crippen molar-refractivity contribution in [2.75, 3.05) is 14.1 Å². The molecule has 0 N–H and O–H groups in total. The molecular weight excluding hydrogens is 450 g/mol. The second kappa shape index (κ2) is 8.75. The minimum absolute atomic E-state index is 0.394. The van der Waals surface area contributed by atoms with Crippen LogP contribution in [0.1, 0.15) is 13.8 Å². The van der Waals surface area contributed by atoms with Gasteiger partial charge in [0.05, 0.1) is 16.9 Å². The summed E-state index contributed by atoms with van der Waals surface area (Å²) in [5.41, 5.74) is 0. The van der Waals surface area contributed by atoms with Crippen LogP contribution in [0.5, 0.6) is 5.75 Å². The highest BCUT2D eigenvalue weighted by Crippen LogP contribution is 2.39. The zero-order valence-corrected chi connectivity index (χ0v) is 19.5. The van der Waals surface area contributed by atoms with E-state index in [1.54, 1.807) is 23.0 Å². The molecule has 0 radical (unpaired) electrons. The van der Waals surface area contributed by atoms with Crippen molar-refractivity contribution in [3.63, 3.8) is 0 Å². The topological polar surface area (TPSA) is 89.3 Å². The fraction of sp³-hybridized carbons (Fsp3) is 0.238. The van der Waals surface area contributed by atoms with Crippen LogP contribution in [-0.4, -0.2) is 55.0 Å². The van der Waals surface area contributed by atoms with E-state index in [-0.39, 0.29) is 0 Å². The predicted octanol–water partition coefficient (Wildman–Crippen LogP) is 4.84. The van der Waals surface area contributed by atoms with E-state index in [4.69, 9.17) is 9.57 Å². The second-order valence-electron chi connectivity index (χ2n) is 7.39. The first-order valence-electron chi connectivity index (χ1n) is 9.63. The number of carbonyl (C=O) groups is 2.